The van der Waals surface area contributed by atoms with Crippen LogP contribution in [0.2, 0.25) is 0 Å². The second-order valence-electron chi connectivity index (χ2n) is 4.61. The molecule has 7 nitrogen and oxygen atoms in total. The number of rotatable bonds is 6. The number of aromatic nitrogens is 2. The Morgan fingerprint density at radius 2 is 2.11 bits per heavy atom. The Balaban J connectivity index is 1.74. The number of carbonyl (C=O) groups is 2. The molecule has 1 aliphatic rings. The number of amides is 2. The van der Waals surface area contributed by atoms with Crippen LogP contribution < -0.4 is 16.4 Å². The SMILES string of the molecule is CCn1cc(N)c(C(=O)NCCNC(=O)C2CC2)n1. The van der Waals surface area contributed by atoms with E-state index in [1.54, 1.807) is 10.9 Å². The fourth-order valence-corrected chi connectivity index (χ4v) is 1.71. The smallest absolute Gasteiger partial charge is 0.274 e. The van der Waals surface area contributed by atoms with Crippen molar-refractivity contribution in [2.45, 2.75) is 26.3 Å². The van der Waals surface area contributed by atoms with Crippen LogP contribution in [0.5, 0.6) is 0 Å². The topological polar surface area (TPSA) is 102 Å². The molecular formula is C12H19N5O2. The number of hydrogen-bond donors (Lipinski definition) is 3. The summed E-state index contributed by atoms with van der Waals surface area (Å²) in [7, 11) is 0. The van der Waals surface area contributed by atoms with Gasteiger partial charge in [0.05, 0.1) is 5.69 Å². The zero-order valence-electron chi connectivity index (χ0n) is 11.0. The molecule has 1 aromatic rings. The van der Waals surface area contributed by atoms with Crippen molar-refractivity contribution in [3.8, 4) is 0 Å². The van der Waals surface area contributed by atoms with E-state index < -0.39 is 0 Å². The first kappa shape index (κ1) is 13.4. The van der Waals surface area contributed by atoms with Crippen LogP contribution in [0.1, 0.15) is 30.3 Å². The van der Waals surface area contributed by atoms with Crippen LogP contribution in [0.3, 0.4) is 0 Å². The number of nitrogens with one attached hydrogen (secondary N) is 2. The molecule has 4 N–H and O–H groups in total. The van der Waals surface area contributed by atoms with Gasteiger partial charge in [-0.05, 0) is 19.8 Å². The highest BCUT2D eigenvalue weighted by Crippen LogP contribution is 2.28. The molecule has 1 fully saturated rings. The van der Waals surface area contributed by atoms with E-state index in [0.29, 0.717) is 25.3 Å². The van der Waals surface area contributed by atoms with E-state index in [1.807, 2.05) is 6.92 Å². The summed E-state index contributed by atoms with van der Waals surface area (Å²) in [4.78, 5) is 23.2. The summed E-state index contributed by atoms with van der Waals surface area (Å²) in [6.07, 6.45) is 3.58. The largest absolute Gasteiger partial charge is 0.396 e. The lowest BCUT2D eigenvalue weighted by molar-refractivity contribution is -0.122. The van der Waals surface area contributed by atoms with Crippen LogP contribution in [0.4, 0.5) is 5.69 Å². The highest BCUT2D eigenvalue weighted by molar-refractivity contribution is 5.97. The number of aryl methyl sites for hydroxylation is 1. The highest BCUT2D eigenvalue weighted by atomic mass is 16.2. The Bertz CT molecular complexity index is 478. The minimum Gasteiger partial charge on any atom is -0.396 e. The first-order valence-electron chi connectivity index (χ1n) is 6.50. The maximum Gasteiger partial charge on any atom is 0.274 e. The fourth-order valence-electron chi connectivity index (χ4n) is 1.71. The van der Waals surface area contributed by atoms with E-state index in [1.165, 1.54) is 0 Å². The quantitative estimate of drug-likeness (QED) is 0.617. The van der Waals surface area contributed by atoms with E-state index in [0.717, 1.165) is 12.8 Å². The normalized spacial score (nSPS) is 14.2. The molecule has 0 bridgehead atoms. The van der Waals surface area contributed by atoms with Gasteiger partial charge in [-0.25, -0.2) is 0 Å². The third-order valence-corrected chi connectivity index (χ3v) is 2.99. The van der Waals surface area contributed by atoms with Crippen LogP contribution >= 0.6 is 0 Å². The molecule has 7 heteroatoms. The van der Waals surface area contributed by atoms with E-state index in [-0.39, 0.29) is 23.4 Å². The van der Waals surface area contributed by atoms with Crippen molar-refractivity contribution in [3.05, 3.63) is 11.9 Å². The average molecular weight is 265 g/mol. The van der Waals surface area contributed by atoms with E-state index in [9.17, 15) is 9.59 Å². The van der Waals surface area contributed by atoms with Gasteiger partial charge in [0.2, 0.25) is 5.91 Å². The first-order chi connectivity index (χ1) is 9.11. The third-order valence-electron chi connectivity index (χ3n) is 2.99. The van der Waals surface area contributed by atoms with Crippen molar-refractivity contribution in [2.24, 2.45) is 5.92 Å². The zero-order valence-corrected chi connectivity index (χ0v) is 11.0. The second-order valence-corrected chi connectivity index (χ2v) is 4.61. The van der Waals surface area contributed by atoms with E-state index in [4.69, 9.17) is 5.73 Å². The molecule has 1 aromatic heterocycles. The zero-order chi connectivity index (χ0) is 13.8. The van der Waals surface area contributed by atoms with Gasteiger partial charge in [-0.3, -0.25) is 14.3 Å². The lowest BCUT2D eigenvalue weighted by Gasteiger charge is -2.05. The van der Waals surface area contributed by atoms with Gasteiger partial charge in [-0.1, -0.05) is 0 Å². The first-order valence-corrected chi connectivity index (χ1v) is 6.50. The lowest BCUT2D eigenvalue weighted by Crippen LogP contribution is -2.35. The van der Waals surface area contributed by atoms with E-state index >= 15 is 0 Å². The summed E-state index contributed by atoms with van der Waals surface area (Å²) in [6.45, 7) is 3.38. The Hall–Kier alpha value is -2.05. The number of anilines is 1. The Kier molecular flexibility index (Phi) is 4.03. The molecule has 19 heavy (non-hydrogen) atoms. The second kappa shape index (κ2) is 5.73. The third kappa shape index (κ3) is 3.46. The minimum atomic E-state index is -0.314. The number of hydrogen-bond acceptors (Lipinski definition) is 4. The molecule has 2 amide bonds. The maximum atomic E-state index is 11.8. The molecule has 1 saturated carbocycles. The van der Waals surface area contributed by atoms with Gasteiger partial charge in [0.1, 0.15) is 0 Å². The predicted molar refractivity (Wildman–Crippen MR) is 70.4 cm³/mol. The molecule has 0 aliphatic heterocycles. The summed E-state index contributed by atoms with van der Waals surface area (Å²) in [5, 5.41) is 9.53. The summed E-state index contributed by atoms with van der Waals surface area (Å²) < 4.78 is 1.61. The summed E-state index contributed by atoms with van der Waals surface area (Å²) in [5.74, 6) is -0.0546. The lowest BCUT2D eigenvalue weighted by atomic mass is 10.3. The Morgan fingerprint density at radius 3 is 2.68 bits per heavy atom. The molecule has 0 spiro atoms. The summed E-state index contributed by atoms with van der Waals surface area (Å²) in [5.41, 5.74) is 6.30. The molecule has 0 saturated heterocycles. The molecule has 0 atom stereocenters. The fraction of sp³-hybridized carbons (Fsp3) is 0.583. The molecule has 0 unspecified atom stereocenters. The molecule has 0 aromatic carbocycles. The average Bonchev–Trinajstić information content (AvgIpc) is 3.17. The monoisotopic (exact) mass is 265 g/mol. The standard InChI is InChI=1S/C12H19N5O2/c1-2-17-7-9(13)10(16-17)12(19)15-6-5-14-11(18)8-3-4-8/h7-8H,2-6,13H2,1H3,(H,14,18)(H,15,19). The van der Waals surface area contributed by atoms with Gasteiger partial charge in [0.25, 0.3) is 5.91 Å². The minimum absolute atomic E-state index is 0.0732. The predicted octanol–water partition coefficient (Wildman–Crippen LogP) is -0.259. The maximum absolute atomic E-state index is 11.8. The number of nitrogen functional groups attached to an aromatic ring is 1. The number of nitrogens with zero attached hydrogens (tertiary/aromatic N) is 2. The molecule has 2 rings (SSSR count). The van der Waals surface area contributed by atoms with Crippen molar-refractivity contribution in [1.29, 1.82) is 0 Å². The van der Waals surface area contributed by atoms with Gasteiger partial charge in [0.15, 0.2) is 5.69 Å². The van der Waals surface area contributed by atoms with Crippen LogP contribution in [0.25, 0.3) is 0 Å². The van der Waals surface area contributed by atoms with Gasteiger partial charge in [-0.15, -0.1) is 0 Å². The van der Waals surface area contributed by atoms with E-state index in [2.05, 4.69) is 15.7 Å². The van der Waals surface area contributed by atoms with Crippen LogP contribution in [-0.4, -0.2) is 34.7 Å². The van der Waals surface area contributed by atoms with Crippen LogP contribution in [-0.2, 0) is 11.3 Å². The van der Waals surface area contributed by atoms with Crippen molar-refractivity contribution in [3.63, 3.8) is 0 Å². The Labute approximate surface area is 111 Å². The van der Waals surface area contributed by atoms with Crippen LogP contribution in [0, 0.1) is 5.92 Å². The van der Waals surface area contributed by atoms with Crippen molar-refractivity contribution in [1.82, 2.24) is 20.4 Å². The molecule has 1 heterocycles. The van der Waals surface area contributed by atoms with Gasteiger partial charge < -0.3 is 16.4 Å². The Morgan fingerprint density at radius 1 is 1.42 bits per heavy atom. The van der Waals surface area contributed by atoms with Gasteiger partial charge >= 0.3 is 0 Å². The highest BCUT2D eigenvalue weighted by Gasteiger charge is 2.29. The van der Waals surface area contributed by atoms with Crippen molar-refractivity contribution >= 4 is 17.5 Å². The molecular weight excluding hydrogens is 246 g/mol. The van der Waals surface area contributed by atoms with Crippen molar-refractivity contribution in [2.75, 3.05) is 18.8 Å². The summed E-state index contributed by atoms with van der Waals surface area (Å²) in [6, 6.07) is 0. The number of nitrogens with two attached hydrogens (primary N) is 1. The van der Waals surface area contributed by atoms with Gasteiger partial charge in [0, 0.05) is 31.7 Å². The summed E-state index contributed by atoms with van der Waals surface area (Å²) >= 11 is 0. The van der Waals surface area contributed by atoms with Crippen LogP contribution in [0.15, 0.2) is 6.20 Å². The number of carbonyl (C=O) groups excluding carboxylic acids is 2. The molecule has 0 radical (unpaired) electrons. The molecule has 1 aliphatic carbocycles. The molecule has 104 valence electrons. The van der Waals surface area contributed by atoms with Gasteiger partial charge in [-0.2, -0.15) is 5.10 Å². The van der Waals surface area contributed by atoms with Crippen molar-refractivity contribution < 1.29 is 9.59 Å².